The molecule has 114 valence electrons. The lowest BCUT2D eigenvalue weighted by Gasteiger charge is -2.23. The van der Waals surface area contributed by atoms with E-state index in [2.05, 4.69) is 16.3 Å². The van der Waals surface area contributed by atoms with Crippen LogP contribution in [-0.2, 0) is 12.8 Å². The second kappa shape index (κ2) is 5.73. The van der Waals surface area contributed by atoms with Crippen molar-refractivity contribution in [2.45, 2.75) is 63.5 Å². The summed E-state index contributed by atoms with van der Waals surface area (Å²) in [6, 6.07) is 3.37. The van der Waals surface area contributed by atoms with Crippen molar-refractivity contribution in [1.82, 2.24) is 10.2 Å². The minimum absolute atomic E-state index is 0.280. The third-order valence-electron chi connectivity index (χ3n) is 5.27. The average Bonchev–Trinajstić information content (AvgIpc) is 2.95. The molecule has 4 rings (SSSR count). The van der Waals surface area contributed by atoms with E-state index >= 15 is 0 Å². The highest BCUT2D eigenvalue weighted by Crippen LogP contribution is 2.30. The second-order valence-electron chi connectivity index (χ2n) is 6.80. The molecule has 2 atom stereocenters. The van der Waals surface area contributed by atoms with Gasteiger partial charge in [0.1, 0.15) is 0 Å². The summed E-state index contributed by atoms with van der Waals surface area (Å²) in [5.41, 5.74) is 1.45. The second-order valence-corrected chi connectivity index (χ2v) is 7.93. The highest BCUT2D eigenvalue weighted by Gasteiger charge is 2.32. The summed E-state index contributed by atoms with van der Waals surface area (Å²) in [6.45, 7) is 1.83. The van der Waals surface area contributed by atoms with Gasteiger partial charge >= 0.3 is 0 Å². The zero-order chi connectivity index (χ0) is 14.2. The van der Waals surface area contributed by atoms with Crippen molar-refractivity contribution in [3.63, 3.8) is 0 Å². The first-order chi connectivity index (χ1) is 10.3. The summed E-state index contributed by atoms with van der Waals surface area (Å²) >= 11 is 1.77. The number of fused-ring (bicyclic) bond motifs is 3. The van der Waals surface area contributed by atoms with E-state index < -0.39 is 0 Å². The van der Waals surface area contributed by atoms with Crippen LogP contribution in [0.4, 0.5) is 0 Å². The number of thiophene rings is 1. The largest absolute Gasteiger partial charge is 0.336 e. The zero-order valence-electron chi connectivity index (χ0n) is 12.6. The maximum Gasteiger partial charge on any atom is 0.263 e. The van der Waals surface area contributed by atoms with Gasteiger partial charge in [0.2, 0.25) is 0 Å². The van der Waals surface area contributed by atoms with Gasteiger partial charge in [-0.1, -0.05) is 6.42 Å². The quantitative estimate of drug-likeness (QED) is 0.809. The Morgan fingerprint density at radius 3 is 2.95 bits per heavy atom. The van der Waals surface area contributed by atoms with Crippen LogP contribution in [0.25, 0.3) is 0 Å². The molecule has 0 radical (unpaired) electrons. The minimum Gasteiger partial charge on any atom is -0.336 e. The first-order valence-electron chi connectivity index (χ1n) is 8.46. The third-order valence-corrected chi connectivity index (χ3v) is 6.49. The van der Waals surface area contributed by atoms with Gasteiger partial charge in [0.15, 0.2) is 0 Å². The number of rotatable bonds is 1. The Bertz CT molecular complexity index is 515. The Balaban J connectivity index is 1.51. The minimum atomic E-state index is 0.280. The monoisotopic (exact) mass is 304 g/mol. The lowest BCUT2D eigenvalue weighted by molar-refractivity contribution is 0.0753. The SMILES string of the molecule is O=C(c1cc2c(s1)CCCCC2)N1CCC2CCC(C1)N2. The van der Waals surface area contributed by atoms with E-state index in [1.165, 1.54) is 55.4 Å². The first kappa shape index (κ1) is 13.8. The van der Waals surface area contributed by atoms with Crippen LogP contribution in [0.1, 0.15) is 58.6 Å². The fraction of sp³-hybridized carbons (Fsp3) is 0.706. The van der Waals surface area contributed by atoms with Crippen LogP contribution in [0.2, 0.25) is 0 Å². The van der Waals surface area contributed by atoms with Gasteiger partial charge in [0.05, 0.1) is 4.88 Å². The van der Waals surface area contributed by atoms with E-state index in [9.17, 15) is 4.79 Å². The van der Waals surface area contributed by atoms with E-state index in [-0.39, 0.29) is 5.91 Å². The predicted molar refractivity (Wildman–Crippen MR) is 86.0 cm³/mol. The summed E-state index contributed by atoms with van der Waals surface area (Å²) in [4.78, 5) is 17.4. The molecule has 2 bridgehead atoms. The molecule has 1 aromatic rings. The molecule has 0 aromatic carbocycles. The molecule has 3 nitrogen and oxygen atoms in total. The average molecular weight is 304 g/mol. The van der Waals surface area contributed by atoms with Gasteiger partial charge in [-0.25, -0.2) is 0 Å². The molecule has 2 aliphatic heterocycles. The smallest absolute Gasteiger partial charge is 0.263 e. The highest BCUT2D eigenvalue weighted by molar-refractivity contribution is 7.14. The molecule has 2 saturated heterocycles. The standard InChI is InChI=1S/C17H24N2OS/c20-17(19-9-8-13-6-7-14(11-19)18-13)16-10-12-4-2-1-3-5-15(12)21-16/h10,13-14,18H,1-9,11H2. The molecule has 1 aliphatic carbocycles. The van der Waals surface area contributed by atoms with Crippen LogP contribution in [0.15, 0.2) is 6.07 Å². The van der Waals surface area contributed by atoms with E-state index in [0.717, 1.165) is 24.4 Å². The number of nitrogens with one attached hydrogen (secondary N) is 1. The Kier molecular flexibility index (Phi) is 3.76. The fourth-order valence-electron chi connectivity index (χ4n) is 4.06. The Hall–Kier alpha value is -0.870. The normalized spacial score (nSPS) is 28.9. The number of hydrogen-bond acceptors (Lipinski definition) is 3. The van der Waals surface area contributed by atoms with E-state index in [1.54, 1.807) is 11.3 Å². The van der Waals surface area contributed by atoms with Gasteiger partial charge in [-0.05, 0) is 56.6 Å². The zero-order valence-corrected chi connectivity index (χ0v) is 13.4. The van der Waals surface area contributed by atoms with Gasteiger partial charge in [0, 0.05) is 30.1 Å². The predicted octanol–water partition coefficient (Wildman–Crippen LogP) is 2.98. The maximum atomic E-state index is 12.8. The topological polar surface area (TPSA) is 32.3 Å². The number of amides is 1. The lowest BCUT2D eigenvalue weighted by atomic mass is 10.1. The Labute approximate surface area is 130 Å². The molecule has 4 heteroatoms. The van der Waals surface area contributed by atoms with Crippen molar-refractivity contribution in [2.24, 2.45) is 0 Å². The van der Waals surface area contributed by atoms with Gasteiger partial charge in [0.25, 0.3) is 5.91 Å². The van der Waals surface area contributed by atoms with Crippen LogP contribution in [0, 0.1) is 0 Å². The molecule has 1 aromatic heterocycles. The number of hydrogen-bond donors (Lipinski definition) is 1. The summed E-state index contributed by atoms with van der Waals surface area (Å²) in [6.07, 6.45) is 9.91. The number of likely N-dealkylation sites (tertiary alicyclic amines) is 1. The molecule has 1 N–H and O–H groups in total. The summed E-state index contributed by atoms with van der Waals surface area (Å²) in [5.74, 6) is 0.280. The van der Waals surface area contributed by atoms with Crippen LogP contribution >= 0.6 is 11.3 Å². The van der Waals surface area contributed by atoms with Crippen molar-refractivity contribution in [2.75, 3.05) is 13.1 Å². The molecule has 1 amide bonds. The molecule has 2 fully saturated rings. The molecule has 0 saturated carbocycles. The number of carbonyl (C=O) groups is 1. The van der Waals surface area contributed by atoms with Crippen molar-refractivity contribution in [3.05, 3.63) is 21.4 Å². The molecule has 3 heterocycles. The third kappa shape index (κ3) is 2.76. The summed E-state index contributed by atoms with van der Waals surface area (Å²) < 4.78 is 0. The summed E-state index contributed by atoms with van der Waals surface area (Å²) in [7, 11) is 0. The highest BCUT2D eigenvalue weighted by atomic mass is 32.1. The Morgan fingerprint density at radius 1 is 1.14 bits per heavy atom. The van der Waals surface area contributed by atoms with Crippen LogP contribution in [0.3, 0.4) is 0 Å². The first-order valence-corrected chi connectivity index (χ1v) is 9.28. The van der Waals surface area contributed by atoms with E-state index in [4.69, 9.17) is 0 Å². The lowest BCUT2D eigenvalue weighted by Crippen LogP contribution is -2.38. The van der Waals surface area contributed by atoms with Gasteiger partial charge in [-0.2, -0.15) is 0 Å². The summed E-state index contributed by atoms with van der Waals surface area (Å²) in [5, 5.41) is 3.66. The number of aryl methyl sites for hydroxylation is 2. The molecule has 0 spiro atoms. The number of carbonyl (C=O) groups excluding carboxylic acids is 1. The van der Waals surface area contributed by atoms with Gasteiger partial charge < -0.3 is 10.2 Å². The molecular formula is C17H24N2OS. The maximum absolute atomic E-state index is 12.8. The van der Waals surface area contributed by atoms with Crippen LogP contribution in [0.5, 0.6) is 0 Å². The molecule has 2 unspecified atom stereocenters. The Morgan fingerprint density at radius 2 is 2.00 bits per heavy atom. The molecule has 21 heavy (non-hydrogen) atoms. The van der Waals surface area contributed by atoms with Crippen LogP contribution in [-0.4, -0.2) is 36.0 Å². The molecular weight excluding hydrogens is 280 g/mol. The van der Waals surface area contributed by atoms with E-state index in [0.29, 0.717) is 12.1 Å². The van der Waals surface area contributed by atoms with Crippen molar-refractivity contribution >= 4 is 17.2 Å². The van der Waals surface area contributed by atoms with Crippen LogP contribution < -0.4 is 5.32 Å². The van der Waals surface area contributed by atoms with Crippen molar-refractivity contribution in [1.29, 1.82) is 0 Å². The van der Waals surface area contributed by atoms with E-state index in [1.807, 2.05) is 0 Å². The van der Waals surface area contributed by atoms with Crippen molar-refractivity contribution in [3.8, 4) is 0 Å². The van der Waals surface area contributed by atoms with Crippen molar-refractivity contribution < 1.29 is 4.79 Å². The molecule has 3 aliphatic rings. The van der Waals surface area contributed by atoms with Gasteiger partial charge in [-0.3, -0.25) is 4.79 Å². The van der Waals surface area contributed by atoms with Gasteiger partial charge in [-0.15, -0.1) is 11.3 Å². The number of nitrogens with zero attached hydrogens (tertiary/aromatic N) is 1. The fourth-order valence-corrected chi connectivity index (χ4v) is 5.28.